The fourth-order valence-corrected chi connectivity index (χ4v) is 5.72. The van der Waals surface area contributed by atoms with Gasteiger partial charge in [-0.3, -0.25) is 9.36 Å². The average molecular weight is 524 g/mol. The van der Waals surface area contributed by atoms with Gasteiger partial charge in [-0.25, -0.2) is 9.79 Å². The van der Waals surface area contributed by atoms with Crippen molar-refractivity contribution in [2.45, 2.75) is 19.9 Å². The number of hydrogen-bond acceptors (Lipinski definition) is 10. The maximum atomic E-state index is 13.8. The lowest BCUT2D eigenvalue weighted by Gasteiger charge is -2.26. The van der Waals surface area contributed by atoms with Crippen LogP contribution in [0.3, 0.4) is 0 Å². The van der Waals surface area contributed by atoms with Crippen molar-refractivity contribution in [1.29, 1.82) is 0 Å². The van der Waals surface area contributed by atoms with E-state index in [-0.39, 0.29) is 19.0 Å². The number of hydrogen-bond donors (Lipinski definition) is 0. The second-order valence-corrected chi connectivity index (χ2v) is 9.70. The summed E-state index contributed by atoms with van der Waals surface area (Å²) in [7, 11) is 0. The third-order valence-corrected chi connectivity index (χ3v) is 7.42. The normalized spacial score (nSPS) is 19.1. The first-order chi connectivity index (χ1) is 18.0. The minimum atomic E-state index is -0.729. The van der Waals surface area contributed by atoms with Gasteiger partial charge < -0.3 is 28.3 Å². The first kappa shape index (κ1) is 23.6. The number of rotatable bonds is 5. The third kappa shape index (κ3) is 4.23. The highest BCUT2D eigenvalue weighted by atomic mass is 32.1. The fraction of sp³-hybridized carbons (Fsp3) is 0.346. The topological polar surface area (TPSA) is 105 Å². The van der Waals surface area contributed by atoms with Gasteiger partial charge in [-0.1, -0.05) is 17.4 Å². The minimum Gasteiger partial charge on any atom is -0.463 e. The highest BCUT2D eigenvalue weighted by Crippen LogP contribution is 2.38. The maximum absolute atomic E-state index is 13.8. The first-order valence-electron chi connectivity index (χ1n) is 12.0. The van der Waals surface area contributed by atoms with Gasteiger partial charge in [0, 0.05) is 25.2 Å². The number of morpholine rings is 1. The fourth-order valence-electron chi connectivity index (χ4n) is 4.69. The molecule has 37 heavy (non-hydrogen) atoms. The molecule has 1 fully saturated rings. The molecule has 0 aliphatic carbocycles. The van der Waals surface area contributed by atoms with E-state index in [0.717, 1.165) is 19.0 Å². The minimum absolute atomic E-state index is 0.122. The van der Waals surface area contributed by atoms with Crippen molar-refractivity contribution in [2.24, 2.45) is 4.99 Å². The van der Waals surface area contributed by atoms with Crippen molar-refractivity contribution in [3.63, 3.8) is 0 Å². The van der Waals surface area contributed by atoms with Gasteiger partial charge >= 0.3 is 5.97 Å². The Balaban J connectivity index is 1.45. The number of esters is 1. The number of thiazole rings is 1. The number of anilines is 1. The molecule has 0 N–H and O–H groups in total. The molecule has 0 saturated carbocycles. The quantitative estimate of drug-likeness (QED) is 0.468. The molecule has 1 aromatic carbocycles. The van der Waals surface area contributed by atoms with Gasteiger partial charge in [0.1, 0.15) is 5.76 Å². The van der Waals surface area contributed by atoms with Gasteiger partial charge in [0.25, 0.3) is 5.56 Å². The molecule has 6 rings (SSSR count). The van der Waals surface area contributed by atoms with Gasteiger partial charge in [0.15, 0.2) is 22.2 Å². The van der Waals surface area contributed by atoms with Crippen LogP contribution in [0.15, 0.2) is 55.8 Å². The summed E-state index contributed by atoms with van der Waals surface area (Å²) < 4.78 is 29.8. The summed E-state index contributed by atoms with van der Waals surface area (Å²) in [5.74, 6) is 1.96. The number of carbonyl (C=O) groups excluding carboxylic acids is 1. The third-order valence-electron chi connectivity index (χ3n) is 6.44. The molecule has 0 amide bonds. The van der Waals surface area contributed by atoms with Crippen molar-refractivity contribution in [3.05, 3.63) is 72.6 Å². The zero-order valence-electron chi connectivity index (χ0n) is 20.4. The standard InChI is InChI=1S/C26H25N3O7S/c1-3-33-25(31)22-15(2)27-26-29(23(22)16-4-6-18-19(12-16)35-14-34-18)24(30)20(37-26)13-17-5-7-21(36-17)28-8-10-32-11-9-28/h4-7,12-13,23H,3,8-11,14H2,1-2H3/b20-13+/t23-/m0/s1. The molecule has 192 valence electrons. The molecule has 11 heteroatoms. The average Bonchev–Trinajstić information content (AvgIpc) is 3.63. The van der Waals surface area contributed by atoms with E-state index < -0.39 is 12.0 Å². The number of ether oxygens (including phenoxy) is 4. The van der Waals surface area contributed by atoms with Crippen LogP contribution in [0.2, 0.25) is 0 Å². The monoisotopic (exact) mass is 523 g/mol. The van der Waals surface area contributed by atoms with Crippen molar-refractivity contribution in [1.82, 2.24) is 4.57 Å². The molecular weight excluding hydrogens is 498 g/mol. The molecule has 1 saturated heterocycles. The van der Waals surface area contributed by atoms with Crippen LogP contribution in [0.25, 0.3) is 6.08 Å². The Kier molecular flexibility index (Phi) is 6.09. The molecule has 2 aromatic heterocycles. The first-order valence-corrected chi connectivity index (χ1v) is 12.9. The van der Waals surface area contributed by atoms with E-state index in [0.29, 0.717) is 56.6 Å². The SMILES string of the molecule is CCOC(=O)C1=C(C)N=c2s/c(=C/c3ccc(N4CCOCC4)o3)c(=O)n2[C@H]1c1ccc2c(c1)OCO2. The van der Waals surface area contributed by atoms with Crippen molar-refractivity contribution in [2.75, 3.05) is 44.6 Å². The predicted octanol–water partition coefficient (Wildman–Crippen LogP) is 1.96. The molecule has 3 aliphatic rings. The number of furan rings is 1. The number of benzene rings is 1. The van der Waals surface area contributed by atoms with Crippen LogP contribution in [0, 0.1) is 0 Å². The zero-order chi connectivity index (χ0) is 25.5. The Labute approximate surface area is 215 Å². The lowest BCUT2D eigenvalue weighted by molar-refractivity contribution is -0.139. The molecule has 0 bridgehead atoms. The lowest BCUT2D eigenvalue weighted by atomic mass is 9.95. The molecule has 5 heterocycles. The summed E-state index contributed by atoms with van der Waals surface area (Å²) >= 11 is 1.25. The van der Waals surface area contributed by atoms with E-state index in [1.807, 2.05) is 18.2 Å². The zero-order valence-corrected chi connectivity index (χ0v) is 21.2. The summed E-state index contributed by atoms with van der Waals surface area (Å²) in [4.78, 5) is 34.0. The Morgan fingerprint density at radius 2 is 2.00 bits per heavy atom. The molecule has 0 spiro atoms. The maximum Gasteiger partial charge on any atom is 0.338 e. The van der Waals surface area contributed by atoms with E-state index in [2.05, 4.69) is 9.89 Å². The number of carbonyl (C=O) groups is 1. The Morgan fingerprint density at radius 3 is 2.81 bits per heavy atom. The van der Waals surface area contributed by atoms with Crippen LogP contribution in [-0.4, -0.2) is 50.2 Å². The predicted molar refractivity (Wildman–Crippen MR) is 135 cm³/mol. The summed E-state index contributed by atoms with van der Waals surface area (Å²) in [5, 5.41) is 0. The van der Waals surface area contributed by atoms with Crippen molar-refractivity contribution >= 4 is 29.3 Å². The Hall–Kier alpha value is -3.83. The summed E-state index contributed by atoms with van der Waals surface area (Å²) in [6.07, 6.45) is 1.72. The molecule has 1 atom stereocenters. The van der Waals surface area contributed by atoms with E-state index in [4.69, 9.17) is 23.4 Å². The van der Waals surface area contributed by atoms with E-state index in [1.165, 1.54) is 11.3 Å². The van der Waals surface area contributed by atoms with Crippen molar-refractivity contribution < 1.29 is 28.2 Å². The van der Waals surface area contributed by atoms with E-state index >= 15 is 0 Å². The number of fused-ring (bicyclic) bond motifs is 2. The molecule has 3 aliphatic heterocycles. The van der Waals surface area contributed by atoms with Crippen LogP contribution < -0.4 is 29.3 Å². The van der Waals surface area contributed by atoms with Gasteiger partial charge in [0.2, 0.25) is 6.79 Å². The number of nitrogens with zero attached hydrogens (tertiary/aromatic N) is 3. The smallest absolute Gasteiger partial charge is 0.338 e. The molecule has 0 unspecified atom stereocenters. The largest absolute Gasteiger partial charge is 0.463 e. The van der Waals surface area contributed by atoms with Gasteiger partial charge in [-0.05, 0) is 37.6 Å². The van der Waals surface area contributed by atoms with Crippen LogP contribution in [0.5, 0.6) is 11.5 Å². The Bertz CT molecular complexity index is 1580. The van der Waals surface area contributed by atoms with E-state index in [9.17, 15) is 9.59 Å². The van der Waals surface area contributed by atoms with Gasteiger partial charge in [-0.2, -0.15) is 0 Å². The molecular formula is C26H25N3O7S. The van der Waals surface area contributed by atoms with Crippen LogP contribution in [-0.2, 0) is 14.3 Å². The van der Waals surface area contributed by atoms with Crippen LogP contribution in [0.4, 0.5) is 5.88 Å². The molecule has 0 radical (unpaired) electrons. The second-order valence-electron chi connectivity index (χ2n) is 8.69. The molecule has 3 aromatic rings. The summed E-state index contributed by atoms with van der Waals surface area (Å²) in [5.41, 5.74) is 1.24. The van der Waals surface area contributed by atoms with E-state index in [1.54, 1.807) is 36.6 Å². The van der Waals surface area contributed by atoms with Gasteiger partial charge in [-0.15, -0.1) is 0 Å². The van der Waals surface area contributed by atoms with Crippen LogP contribution in [0.1, 0.15) is 31.2 Å². The summed E-state index contributed by atoms with van der Waals surface area (Å²) in [6.45, 7) is 6.63. The van der Waals surface area contributed by atoms with Gasteiger partial charge in [0.05, 0.1) is 41.7 Å². The lowest BCUT2D eigenvalue weighted by Crippen LogP contribution is -2.39. The summed E-state index contributed by atoms with van der Waals surface area (Å²) in [6, 6.07) is 8.41. The molecule has 10 nitrogen and oxygen atoms in total. The number of aromatic nitrogens is 1. The van der Waals surface area contributed by atoms with Crippen LogP contribution >= 0.6 is 11.3 Å². The Morgan fingerprint density at radius 1 is 1.19 bits per heavy atom. The number of allylic oxidation sites excluding steroid dienone is 1. The van der Waals surface area contributed by atoms with Crippen molar-refractivity contribution in [3.8, 4) is 11.5 Å². The highest BCUT2D eigenvalue weighted by molar-refractivity contribution is 7.07. The highest BCUT2D eigenvalue weighted by Gasteiger charge is 2.34. The second kappa shape index (κ2) is 9.56.